The summed E-state index contributed by atoms with van der Waals surface area (Å²) in [4.78, 5) is 2.57. The SMILES string of the molecule is CC(C)(C)CN1CCCC(CN)C1. The zero-order valence-electron chi connectivity index (χ0n) is 9.34. The van der Waals surface area contributed by atoms with E-state index in [0.29, 0.717) is 5.41 Å². The number of piperidine rings is 1. The fourth-order valence-electron chi connectivity index (χ4n) is 2.16. The van der Waals surface area contributed by atoms with Gasteiger partial charge in [0, 0.05) is 13.1 Å². The highest BCUT2D eigenvalue weighted by molar-refractivity contribution is 4.77. The molecule has 78 valence electrons. The van der Waals surface area contributed by atoms with Gasteiger partial charge in [-0.2, -0.15) is 0 Å². The van der Waals surface area contributed by atoms with Gasteiger partial charge in [-0.3, -0.25) is 0 Å². The number of nitrogens with two attached hydrogens (primary N) is 1. The van der Waals surface area contributed by atoms with E-state index in [9.17, 15) is 0 Å². The van der Waals surface area contributed by atoms with E-state index >= 15 is 0 Å². The Balaban J connectivity index is 2.34. The molecule has 1 fully saturated rings. The van der Waals surface area contributed by atoms with Crippen LogP contribution in [0.1, 0.15) is 33.6 Å². The van der Waals surface area contributed by atoms with Crippen LogP contribution in [0.25, 0.3) is 0 Å². The second-order valence-corrected chi connectivity index (χ2v) is 5.54. The van der Waals surface area contributed by atoms with Crippen LogP contribution < -0.4 is 5.73 Å². The van der Waals surface area contributed by atoms with Gasteiger partial charge in [0.15, 0.2) is 0 Å². The molecular formula is C11H24N2. The van der Waals surface area contributed by atoms with Crippen LogP contribution in [0.5, 0.6) is 0 Å². The quantitative estimate of drug-likeness (QED) is 0.708. The van der Waals surface area contributed by atoms with E-state index in [2.05, 4.69) is 25.7 Å². The minimum absolute atomic E-state index is 0.427. The predicted octanol–water partition coefficient (Wildman–Crippen LogP) is 1.70. The van der Waals surface area contributed by atoms with E-state index in [1.807, 2.05) is 0 Å². The summed E-state index contributed by atoms with van der Waals surface area (Å²) >= 11 is 0. The Bertz CT molecular complexity index is 149. The van der Waals surface area contributed by atoms with Crippen molar-refractivity contribution in [2.75, 3.05) is 26.2 Å². The van der Waals surface area contributed by atoms with Crippen LogP contribution in [0, 0.1) is 11.3 Å². The number of rotatable bonds is 2. The van der Waals surface area contributed by atoms with E-state index in [1.54, 1.807) is 0 Å². The van der Waals surface area contributed by atoms with Crippen molar-refractivity contribution in [3.05, 3.63) is 0 Å². The molecule has 0 saturated carbocycles. The van der Waals surface area contributed by atoms with Gasteiger partial charge in [-0.05, 0) is 37.3 Å². The fraction of sp³-hybridized carbons (Fsp3) is 1.00. The highest BCUT2D eigenvalue weighted by atomic mass is 15.1. The van der Waals surface area contributed by atoms with Crippen molar-refractivity contribution in [3.63, 3.8) is 0 Å². The fourth-order valence-corrected chi connectivity index (χ4v) is 2.16. The lowest BCUT2D eigenvalue weighted by Gasteiger charge is -2.36. The first-order valence-corrected chi connectivity index (χ1v) is 5.44. The van der Waals surface area contributed by atoms with Crippen LogP contribution in [0.3, 0.4) is 0 Å². The number of nitrogens with zero attached hydrogens (tertiary/aromatic N) is 1. The summed E-state index contributed by atoms with van der Waals surface area (Å²) in [5.74, 6) is 0.746. The molecule has 0 amide bonds. The molecule has 0 bridgehead atoms. The summed E-state index contributed by atoms with van der Waals surface area (Å²) in [5.41, 5.74) is 6.13. The first kappa shape index (κ1) is 11.0. The largest absolute Gasteiger partial charge is 0.330 e. The Labute approximate surface area is 82.5 Å². The minimum atomic E-state index is 0.427. The highest BCUT2D eigenvalue weighted by Gasteiger charge is 2.22. The van der Waals surface area contributed by atoms with Gasteiger partial charge >= 0.3 is 0 Å². The maximum atomic E-state index is 5.70. The normalized spacial score (nSPS) is 26.3. The summed E-state index contributed by atoms with van der Waals surface area (Å²) in [6, 6.07) is 0. The average Bonchev–Trinajstić information content (AvgIpc) is 2.01. The molecule has 13 heavy (non-hydrogen) atoms. The molecule has 0 spiro atoms. The molecule has 0 aromatic carbocycles. The van der Waals surface area contributed by atoms with E-state index in [0.717, 1.165) is 12.5 Å². The topological polar surface area (TPSA) is 29.3 Å². The van der Waals surface area contributed by atoms with Crippen molar-refractivity contribution in [2.45, 2.75) is 33.6 Å². The van der Waals surface area contributed by atoms with E-state index in [-0.39, 0.29) is 0 Å². The number of likely N-dealkylation sites (tertiary alicyclic amines) is 1. The third-order valence-electron chi connectivity index (χ3n) is 2.63. The zero-order chi connectivity index (χ0) is 9.90. The van der Waals surface area contributed by atoms with E-state index in [1.165, 1.54) is 32.5 Å². The van der Waals surface area contributed by atoms with Gasteiger partial charge in [-0.25, -0.2) is 0 Å². The summed E-state index contributed by atoms with van der Waals surface area (Å²) < 4.78 is 0. The van der Waals surface area contributed by atoms with Gasteiger partial charge in [0.2, 0.25) is 0 Å². The average molecular weight is 184 g/mol. The highest BCUT2D eigenvalue weighted by Crippen LogP contribution is 2.21. The van der Waals surface area contributed by atoms with Crippen molar-refractivity contribution in [1.29, 1.82) is 0 Å². The minimum Gasteiger partial charge on any atom is -0.330 e. The maximum absolute atomic E-state index is 5.70. The molecule has 1 heterocycles. The lowest BCUT2D eigenvalue weighted by atomic mass is 9.92. The van der Waals surface area contributed by atoms with Crippen molar-refractivity contribution < 1.29 is 0 Å². The van der Waals surface area contributed by atoms with Crippen LogP contribution in [0.4, 0.5) is 0 Å². The molecule has 0 aromatic heterocycles. The Morgan fingerprint density at radius 2 is 2.08 bits per heavy atom. The molecule has 1 aliphatic heterocycles. The third kappa shape index (κ3) is 4.10. The zero-order valence-corrected chi connectivity index (χ0v) is 9.34. The first-order valence-electron chi connectivity index (χ1n) is 5.44. The Kier molecular flexibility index (Phi) is 3.74. The van der Waals surface area contributed by atoms with Gasteiger partial charge in [-0.15, -0.1) is 0 Å². The van der Waals surface area contributed by atoms with Crippen molar-refractivity contribution in [3.8, 4) is 0 Å². The molecule has 1 atom stereocenters. The molecule has 0 aliphatic carbocycles. The molecular weight excluding hydrogens is 160 g/mol. The van der Waals surface area contributed by atoms with E-state index < -0.39 is 0 Å². The molecule has 2 heteroatoms. The summed E-state index contributed by atoms with van der Waals surface area (Å²) in [6.07, 6.45) is 2.66. The Morgan fingerprint density at radius 1 is 1.38 bits per heavy atom. The standard InChI is InChI=1S/C11H24N2/c1-11(2,3)9-13-6-4-5-10(7-12)8-13/h10H,4-9,12H2,1-3H3. The van der Waals surface area contributed by atoms with Crippen LogP contribution in [0.2, 0.25) is 0 Å². The third-order valence-corrected chi connectivity index (χ3v) is 2.63. The second-order valence-electron chi connectivity index (χ2n) is 5.54. The van der Waals surface area contributed by atoms with Gasteiger partial charge in [0.25, 0.3) is 0 Å². The summed E-state index contributed by atoms with van der Waals surface area (Å²) in [7, 11) is 0. The molecule has 1 aliphatic rings. The van der Waals surface area contributed by atoms with Crippen LogP contribution in [-0.2, 0) is 0 Å². The second kappa shape index (κ2) is 4.43. The van der Waals surface area contributed by atoms with Crippen LogP contribution in [0.15, 0.2) is 0 Å². The Morgan fingerprint density at radius 3 is 2.62 bits per heavy atom. The van der Waals surface area contributed by atoms with Crippen molar-refractivity contribution >= 4 is 0 Å². The molecule has 1 rings (SSSR count). The van der Waals surface area contributed by atoms with Gasteiger partial charge in [-0.1, -0.05) is 20.8 Å². The van der Waals surface area contributed by atoms with Gasteiger partial charge in [0.05, 0.1) is 0 Å². The molecule has 1 unspecified atom stereocenters. The van der Waals surface area contributed by atoms with Gasteiger partial charge < -0.3 is 10.6 Å². The monoisotopic (exact) mass is 184 g/mol. The van der Waals surface area contributed by atoms with Crippen LogP contribution in [-0.4, -0.2) is 31.1 Å². The predicted molar refractivity (Wildman–Crippen MR) is 57.7 cm³/mol. The molecule has 2 N–H and O–H groups in total. The molecule has 0 aromatic rings. The van der Waals surface area contributed by atoms with Gasteiger partial charge in [0.1, 0.15) is 0 Å². The van der Waals surface area contributed by atoms with Crippen molar-refractivity contribution in [2.24, 2.45) is 17.1 Å². The number of hydrogen-bond acceptors (Lipinski definition) is 2. The molecule has 2 nitrogen and oxygen atoms in total. The van der Waals surface area contributed by atoms with E-state index in [4.69, 9.17) is 5.73 Å². The summed E-state index contributed by atoms with van der Waals surface area (Å²) in [6.45, 7) is 11.5. The lowest BCUT2D eigenvalue weighted by molar-refractivity contribution is 0.131. The first-order chi connectivity index (χ1) is 6.01. The van der Waals surface area contributed by atoms with Crippen molar-refractivity contribution in [1.82, 2.24) is 4.90 Å². The molecule has 1 saturated heterocycles. The lowest BCUT2D eigenvalue weighted by Crippen LogP contribution is -2.42. The Hall–Kier alpha value is -0.0800. The maximum Gasteiger partial charge on any atom is 0.00302 e. The smallest absolute Gasteiger partial charge is 0.00302 e. The summed E-state index contributed by atoms with van der Waals surface area (Å²) in [5, 5.41) is 0. The molecule has 0 radical (unpaired) electrons. The van der Waals surface area contributed by atoms with Crippen LogP contribution >= 0.6 is 0 Å². The number of hydrogen-bond donors (Lipinski definition) is 1.